The molecule has 0 amide bonds. The van der Waals surface area contributed by atoms with Crippen molar-refractivity contribution in [1.82, 2.24) is 5.32 Å². The first-order valence-corrected chi connectivity index (χ1v) is 8.52. The fourth-order valence-corrected chi connectivity index (χ4v) is 3.38. The third-order valence-corrected chi connectivity index (χ3v) is 5.37. The lowest BCUT2D eigenvalue weighted by atomic mass is 9.84. The molecule has 1 atom stereocenters. The Morgan fingerprint density at radius 3 is 2.70 bits per heavy atom. The minimum Gasteiger partial charge on any atom is -0.389 e. The summed E-state index contributed by atoms with van der Waals surface area (Å²) >= 11 is 1.95. The predicted octanol–water partition coefficient (Wildman–Crippen LogP) is 2.44. The number of benzene rings is 1. The zero-order valence-electron chi connectivity index (χ0n) is 12.2. The topological polar surface area (TPSA) is 41.5 Å². The van der Waals surface area contributed by atoms with Crippen LogP contribution in [0.3, 0.4) is 0 Å². The maximum absolute atomic E-state index is 9.89. The van der Waals surface area contributed by atoms with Gasteiger partial charge in [0.2, 0.25) is 0 Å². The normalized spacial score (nSPS) is 18.5. The van der Waals surface area contributed by atoms with Crippen molar-refractivity contribution in [2.75, 3.05) is 26.0 Å². The van der Waals surface area contributed by atoms with Crippen LogP contribution in [0, 0.1) is 0 Å². The number of aliphatic hydroxyl groups excluding tert-OH is 1. The molecule has 2 rings (SSSR count). The first-order valence-electron chi connectivity index (χ1n) is 7.30. The van der Waals surface area contributed by atoms with Crippen LogP contribution in [0.2, 0.25) is 0 Å². The van der Waals surface area contributed by atoms with Gasteiger partial charge in [0.05, 0.1) is 19.3 Å². The molecule has 1 aromatic rings. The van der Waals surface area contributed by atoms with Gasteiger partial charge in [0, 0.05) is 17.8 Å². The van der Waals surface area contributed by atoms with E-state index < -0.39 is 6.10 Å². The number of rotatable bonds is 9. The molecule has 3 nitrogen and oxygen atoms in total. The maximum Gasteiger partial charge on any atom is 0.0897 e. The van der Waals surface area contributed by atoms with Gasteiger partial charge < -0.3 is 15.2 Å². The molecule has 1 aromatic carbocycles. The molecule has 1 aliphatic carbocycles. The Kier molecular flexibility index (Phi) is 6.36. The van der Waals surface area contributed by atoms with Crippen LogP contribution in [0.15, 0.2) is 30.3 Å². The number of aliphatic hydroxyl groups is 1. The molecule has 0 aromatic heterocycles. The van der Waals surface area contributed by atoms with Crippen molar-refractivity contribution in [2.24, 2.45) is 0 Å². The van der Waals surface area contributed by atoms with Crippen LogP contribution >= 0.6 is 11.8 Å². The molecule has 0 saturated heterocycles. The van der Waals surface area contributed by atoms with E-state index in [2.05, 4.69) is 11.6 Å². The summed E-state index contributed by atoms with van der Waals surface area (Å²) in [6, 6.07) is 10.0. The van der Waals surface area contributed by atoms with Crippen molar-refractivity contribution in [3.63, 3.8) is 0 Å². The maximum atomic E-state index is 9.89. The summed E-state index contributed by atoms with van der Waals surface area (Å²) in [6.45, 7) is 2.54. The SMILES string of the molecule is CSC1(CNCC(O)COCc2ccccc2)CCC1. The van der Waals surface area contributed by atoms with E-state index in [-0.39, 0.29) is 0 Å². The van der Waals surface area contributed by atoms with Gasteiger partial charge in [0.25, 0.3) is 0 Å². The summed E-state index contributed by atoms with van der Waals surface area (Å²) in [7, 11) is 0. The van der Waals surface area contributed by atoms with Gasteiger partial charge in [-0.25, -0.2) is 0 Å². The molecule has 0 radical (unpaired) electrons. The Hall–Kier alpha value is -0.550. The second-order valence-electron chi connectivity index (χ2n) is 5.53. The molecule has 20 heavy (non-hydrogen) atoms. The standard InChI is InChI=1S/C16H25NO2S/c1-20-16(8-5-9-16)13-17-10-15(18)12-19-11-14-6-3-2-4-7-14/h2-4,6-7,15,17-18H,5,8-13H2,1H3. The fraction of sp³-hybridized carbons (Fsp3) is 0.625. The van der Waals surface area contributed by atoms with Crippen molar-refractivity contribution in [3.8, 4) is 0 Å². The monoisotopic (exact) mass is 295 g/mol. The van der Waals surface area contributed by atoms with E-state index in [9.17, 15) is 5.11 Å². The second kappa shape index (κ2) is 8.03. The van der Waals surface area contributed by atoms with Gasteiger partial charge in [-0.05, 0) is 24.7 Å². The molecule has 1 saturated carbocycles. The molecule has 1 fully saturated rings. The molecule has 0 aliphatic heterocycles. The van der Waals surface area contributed by atoms with Crippen LogP contribution < -0.4 is 5.32 Å². The number of nitrogens with one attached hydrogen (secondary N) is 1. The Labute approximate surface area is 126 Å². The van der Waals surface area contributed by atoms with Crippen molar-refractivity contribution in [3.05, 3.63) is 35.9 Å². The lowest BCUT2D eigenvalue weighted by Gasteiger charge is -2.40. The van der Waals surface area contributed by atoms with E-state index in [1.54, 1.807) is 0 Å². The zero-order chi connectivity index (χ0) is 14.3. The van der Waals surface area contributed by atoms with Gasteiger partial charge in [-0.2, -0.15) is 11.8 Å². The van der Waals surface area contributed by atoms with Gasteiger partial charge in [0.1, 0.15) is 0 Å². The van der Waals surface area contributed by atoms with Gasteiger partial charge >= 0.3 is 0 Å². The Morgan fingerprint density at radius 2 is 2.10 bits per heavy atom. The van der Waals surface area contributed by atoms with Gasteiger partial charge in [0.15, 0.2) is 0 Å². The Morgan fingerprint density at radius 1 is 1.35 bits per heavy atom. The Bertz CT molecular complexity index is 376. The van der Waals surface area contributed by atoms with E-state index in [1.807, 2.05) is 42.1 Å². The summed E-state index contributed by atoms with van der Waals surface area (Å²) in [5.74, 6) is 0. The highest BCUT2D eigenvalue weighted by Gasteiger charge is 2.35. The van der Waals surface area contributed by atoms with E-state index in [0.717, 1.165) is 12.1 Å². The average Bonchev–Trinajstić information content (AvgIpc) is 2.43. The molecule has 2 N–H and O–H groups in total. The molecule has 112 valence electrons. The molecule has 4 heteroatoms. The van der Waals surface area contributed by atoms with E-state index in [1.165, 1.54) is 19.3 Å². The minimum atomic E-state index is -0.433. The van der Waals surface area contributed by atoms with Crippen molar-refractivity contribution < 1.29 is 9.84 Å². The van der Waals surface area contributed by atoms with Crippen molar-refractivity contribution in [2.45, 2.75) is 36.7 Å². The summed E-state index contributed by atoms with van der Waals surface area (Å²) in [5.41, 5.74) is 1.14. The van der Waals surface area contributed by atoms with Gasteiger partial charge in [-0.15, -0.1) is 0 Å². The third kappa shape index (κ3) is 4.77. The molecule has 0 heterocycles. The third-order valence-electron chi connectivity index (χ3n) is 3.95. The molecule has 1 unspecified atom stereocenters. The first kappa shape index (κ1) is 15.8. The van der Waals surface area contributed by atoms with Crippen LogP contribution in [0.1, 0.15) is 24.8 Å². The van der Waals surface area contributed by atoms with Crippen LogP contribution in [-0.4, -0.2) is 41.9 Å². The second-order valence-corrected chi connectivity index (χ2v) is 6.80. The molecule has 0 bridgehead atoms. The number of ether oxygens (including phenoxy) is 1. The Balaban J connectivity index is 1.55. The van der Waals surface area contributed by atoms with E-state index >= 15 is 0 Å². The highest BCUT2D eigenvalue weighted by molar-refractivity contribution is 8.00. The quantitative estimate of drug-likeness (QED) is 0.734. The molecule has 1 aliphatic rings. The average molecular weight is 295 g/mol. The molecule has 0 spiro atoms. The summed E-state index contributed by atoms with van der Waals surface area (Å²) in [5, 5.41) is 13.3. The summed E-state index contributed by atoms with van der Waals surface area (Å²) in [4.78, 5) is 0. The predicted molar refractivity (Wildman–Crippen MR) is 85.1 cm³/mol. The van der Waals surface area contributed by atoms with E-state index in [0.29, 0.717) is 24.5 Å². The molecular weight excluding hydrogens is 270 g/mol. The summed E-state index contributed by atoms with van der Waals surface area (Å²) < 4.78 is 5.96. The lowest BCUT2D eigenvalue weighted by molar-refractivity contribution is 0.0284. The fourth-order valence-electron chi connectivity index (χ4n) is 2.44. The lowest BCUT2D eigenvalue weighted by Crippen LogP contribution is -2.45. The van der Waals surface area contributed by atoms with Crippen LogP contribution in [-0.2, 0) is 11.3 Å². The smallest absolute Gasteiger partial charge is 0.0897 e. The van der Waals surface area contributed by atoms with Crippen molar-refractivity contribution >= 4 is 11.8 Å². The zero-order valence-corrected chi connectivity index (χ0v) is 13.0. The highest BCUT2D eigenvalue weighted by Crippen LogP contribution is 2.42. The van der Waals surface area contributed by atoms with Crippen LogP contribution in [0.25, 0.3) is 0 Å². The van der Waals surface area contributed by atoms with Crippen LogP contribution in [0.5, 0.6) is 0 Å². The number of thioether (sulfide) groups is 1. The van der Waals surface area contributed by atoms with Crippen molar-refractivity contribution in [1.29, 1.82) is 0 Å². The first-order chi connectivity index (χ1) is 9.74. The highest BCUT2D eigenvalue weighted by atomic mass is 32.2. The summed E-state index contributed by atoms with van der Waals surface area (Å²) in [6.07, 6.45) is 5.67. The minimum absolute atomic E-state index is 0.383. The van der Waals surface area contributed by atoms with Crippen LogP contribution in [0.4, 0.5) is 0 Å². The number of hydrogen-bond acceptors (Lipinski definition) is 4. The van der Waals surface area contributed by atoms with Gasteiger partial charge in [-0.3, -0.25) is 0 Å². The number of hydrogen-bond donors (Lipinski definition) is 2. The van der Waals surface area contributed by atoms with Gasteiger partial charge in [-0.1, -0.05) is 36.8 Å². The molecular formula is C16H25NO2S. The van der Waals surface area contributed by atoms with E-state index in [4.69, 9.17) is 4.74 Å². The largest absolute Gasteiger partial charge is 0.389 e.